The van der Waals surface area contributed by atoms with Gasteiger partial charge in [-0.05, 0) is 55.5 Å². The van der Waals surface area contributed by atoms with Gasteiger partial charge in [-0.3, -0.25) is 19.8 Å². The van der Waals surface area contributed by atoms with Gasteiger partial charge in [-0.2, -0.15) is 0 Å². The maximum Gasteiger partial charge on any atom is 0.281 e. The zero-order valence-electron chi connectivity index (χ0n) is 17.3. The lowest BCUT2D eigenvalue weighted by molar-refractivity contribution is -0.119. The second-order valence-corrected chi connectivity index (χ2v) is 7.96. The van der Waals surface area contributed by atoms with Gasteiger partial charge in [0.15, 0.2) is 0 Å². The van der Waals surface area contributed by atoms with Crippen LogP contribution in [0.4, 0.5) is 0 Å². The largest absolute Gasteiger partial charge is 0.494 e. The Bertz CT molecular complexity index is 1120. The molecule has 0 saturated carbocycles. The SMILES string of the molecule is CCOc1ccc(C(=O)NC(C(=O)Nn2c(C)nc3sccc3c2=O)C(C)C)cc1. The van der Waals surface area contributed by atoms with Crippen LogP contribution in [0.1, 0.15) is 37.0 Å². The third-order valence-electron chi connectivity index (χ3n) is 4.55. The molecule has 1 unspecified atom stereocenters. The van der Waals surface area contributed by atoms with Crippen molar-refractivity contribution in [1.82, 2.24) is 15.0 Å². The number of thiophene rings is 1. The number of nitrogens with zero attached hydrogens (tertiary/aromatic N) is 2. The molecule has 0 saturated heterocycles. The maximum absolute atomic E-state index is 12.9. The Balaban J connectivity index is 1.78. The van der Waals surface area contributed by atoms with Gasteiger partial charge >= 0.3 is 0 Å². The molecule has 3 rings (SSSR count). The minimum Gasteiger partial charge on any atom is -0.494 e. The predicted molar refractivity (Wildman–Crippen MR) is 117 cm³/mol. The Hall–Kier alpha value is -3.20. The molecule has 2 heterocycles. The lowest BCUT2D eigenvalue weighted by atomic mass is 10.0. The highest BCUT2D eigenvalue weighted by Gasteiger charge is 2.26. The van der Waals surface area contributed by atoms with E-state index in [2.05, 4.69) is 15.7 Å². The van der Waals surface area contributed by atoms with E-state index in [9.17, 15) is 14.4 Å². The van der Waals surface area contributed by atoms with Crippen LogP contribution in [-0.4, -0.2) is 34.1 Å². The third kappa shape index (κ3) is 4.51. The Morgan fingerprint density at radius 2 is 1.90 bits per heavy atom. The molecule has 0 fully saturated rings. The summed E-state index contributed by atoms with van der Waals surface area (Å²) in [5, 5.41) is 4.96. The average Bonchev–Trinajstić information content (AvgIpc) is 3.18. The van der Waals surface area contributed by atoms with Gasteiger partial charge in [0.25, 0.3) is 17.4 Å². The zero-order chi connectivity index (χ0) is 21.8. The second kappa shape index (κ2) is 9.08. The van der Waals surface area contributed by atoms with E-state index in [1.54, 1.807) is 42.6 Å². The van der Waals surface area contributed by atoms with Crippen LogP contribution in [0.25, 0.3) is 10.2 Å². The Kier molecular flexibility index (Phi) is 6.51. The number of fused-ring (bicyclic) bond motifs is 1. The van der Waals surface area contributed by atoms with Crippen LogP contribution in [0.15, 0.2) is 40.5 Å². The van der Waals surface area contributed by atoms with E-state index >= 15 is 0 Å². The fourth-order valence-corrected chi connectivity index (χ4v) is 3.76. The van der Waals surface area contributed by atoms with Crippen LogP contribution in [0, 0.1) is 12.8 Å². The van der Waals surface area contributed by atoms with Gasteiger partial charge in [0.1, 0.15) is 22.4 Å². The van der Waals surface area contributed by atoms with Crippen molar-refractivity contribution in [1.29, 1.82) is 0 Å². The maximum atomic E-state index is 12.9. The summed E-state index contributed by atoms with van der Waals surface area (Å²) in [6.07, 6.45) is 0. The Morgan fingerprint density at radius 1 is 1.20 bits per heavy atom. The third-order valence-corrected chi connectivity index (χ3v) is 5.36. The summed E-state index contributed by atoms with van der Waals surface area (Å²) in [6.45, 7) is 7.69. The van der Waals surface area contributed by atoms with Crippen molar-refractivity contribution in [3.05, 3.63) is 57.5 Å². The molecule has 0 radical (unpaired) electrons. The number of aromatic nitrogens is 2. The number of hydrogen-bond donors (Lipinski definition) is 2. The molecule has 9 heteroatoms. The second-order valence-electron chi connectivity index (χ2n) is 7.07. The first-order valence-corrected chi connectivity index (χ1v) is 10.5. The summed E-state index contributed by atoms with van der Waals surface area (Å²) in [7, 11) is 0. The van der Waals surface area contributed by atoms with Crippen molar-refractivity contribution in [2.45, 2.75) is 33.7 Å². The van der Waals surface area contributed by atoms with Crippen molar-refractivity contribution in [2.75, 3.05) is 12.0 Å². The van der Waals surface area contributed by atoms with Crippen molar-refractivity contribution in [2.24, 2.45) is 5.92 Å². The van der Waals surface area contributed by atoms with E-state index in [1.165, 1.54) is 11.3 Å². The quantitative estimate of drug-likeness (QED) is 0.602. The summed E-state index contributed by atoms with van der Waals surface area (Å²) < 4.78 is 6.50. The first-order chi connectivity index (χ1) is 14.3. The van der Waals surface area contributed by atoms with Gasteiger partial charge in [0, 0.05) is 5.56 Å². The molecule has 1 atom stereocenters. The smallest absolute Gasteiger partial charge is 0.281 e. The van der Waals surface area contributed by atoms with Gasteiger partial charge in [0.05, 0.1) is 12.0 Å². The van der Waals surface area contributed by atoms with Gasteiger partial charge < -0.3 is 10.1 Å². The van der Waals surface area contributed by atoms with Crippen molar-refractivity contribution < 1.29 is 14.3 Å². The van der Waals surface area contributed by atoms with E-state index in [4.69, 9.17) is 4.74 Å². The molecule has 2 aromatic heterocycles. The number of amides is 2. The molecule has 0 aliphatic carbocycles. The number of aryl methyl sites for hydroxylation is 1. The molecule has 3 aromatic rings. The number of hydrogen-bond acceptors (Lipinski definition) is 6. The van der Waals surface area contributed by atoms with Crippen LogP contribution in [0.2, 0.25) is 0 Å². The van der Waals surface area contributed by atoms with Crippen LogP contribution in [-0.2, 0) is 4.79 Å². The lowest BCUT2D eigenvalue weighted by Gasteiger charge is -2.22. The minimum absolute atomic E-state index is 0.203. The fraction of sp³-hybridized carbons (Fsp3) is 0.333. The highest BCUT2D eigenvalue weighted by Crippen LogP contribution is 2.15. The summed E-state index contributed by atoms with van der Waals surface area (Å²) in [6, 6.07) is 7.51. The van der Waals surface area contributed by atoms with E-state index in [0.29, 0.717) is 34.0 Å². The Morgan fingerprint density at radius 3 is 2.53 bits per heavy atom. The first-order valence-electron chi connectivity index (χ1n) is 9.63. The van der Waals surface area contributed by atoms with Crippen molar-refractivity contribution in [3.8, 4) is 5.75 Å². The monoisotopic (exact) mass is 428 g/mol. The van der Waals surface area contributed by atoms with Crippen LogP contribution in [0.5, 0.6) is 5.75 Å². The predicted octanol–water partition coefficient (Wildman–Crippen LogP) is 2.69. The topological polar surface area (TPSA) is 102 Å². The summed E-state index contributed by atoms with van der Waals surface area (Å²) in [4.78, 5) is 43.2. The number of carbonyl (C=O) groups excluding carboxylic acids is 2. The number of benzene rings is 1. The molecule has 0 aliphatic rings. The van der Waals surface area contributed by atoms with Crippen molar-refractivity contribution >= 4 is 33.4 Å². The number of carbonyl (C=O) groups is 2. The summed E-state index contributed by atoms with van der Waals surface area (Å²) >= 11 is 1.36. The Labute approximate surface area is 177 Å². The van der Waals surface area contributed by atoms with Gasteiger partial charge in [-0.15, -0.1) is 11.3 Å². The minimum atomic E-state index is -0.839. The van der Waals surface area contributed by atoms with E-state index in [1.807, 2.05) is 20.8 Å². The molecule has 8 nitrogen and oxygen atoms in total. The molecule has 158 valence electrons. The first kappa shape index (κ1) is 21.5. The number of rotatable bonds is 7. The van der Waals surface area contributed by atoms with E-state index < -0.39 is 11.9 Å². The van der Waals surface area contributed by atoms with Crippen LogP contribution < -0.4 is 21.0 Å². The average molecular weight is 429 g/mol. The van der Waals surface area contributed by atoms with Gasteiger partial charge in [0.2, 0.25) is 0 Å². The highest BCUT2D eigenvalue weighted by atomic mass is 32.1. The molecule has 0 bridgehead atoms. The molecule has 0 aliphatic heterocycles. The molecule has 0 spiro atoms. The number of ether oxygens (including phenoxy) is 1. The molecule has 30 heavy (non-hydrogen) atoms. The van der Waals surface area contributed by atoms with Gasteiger partial charge in [-0.1, -0.05) is 13.8 Å². The van der Waals surface area contributed by atoms with Crippen LogP contribution in [0.3, 0.4) is 0 Å². The molecule has 2 N–H and O–H groups in total. The van der Waals surface area contributed by atoms with Crippen LogP contribution >= 0.6 is 11.3 Å². The standard InChI is InChI=1S/C21H24N4O4S/c1-5-29-15-8-6-14(7-9-15)18(26)23-17(12(2)3)19(27)24-25-13(4)22-20-16(21(25)28)10-11-30-20/h6-12,17H,5H2,1-4H3,(H,23,26)(H,24,27). The molecular formula is C21H24N4O4S. The van der Waals surface area contributed by atoms with Gasteiger partial charge in [-0.25, -0.2) is 9.66 Å². The number of nitrogens with one attached hydrogen (secondary N) is 2. The van der Waals surface area contributed by atoms with Crippen molar-refractivity contribution in [3.63, 3.8) is 0 Å². The molecular weight excluding hydrogens is 404 g/mol. The van der Waals surface area contributed by atoms with E-state index in [-0.39, 0.29) is 17.4 Å². The lowest BCUT2D eigenvalue weighted by Crippen LogP contribution is -2.50. The zero-order valence-corrected chi connectivity index (χ0v) is 18.1. The molecule has 1 aromatic carbocycles. The van der Waals surface area contributed by atoms with E-state index in [0.717, 1.165) is 4.68 Å². The molecule has 2 amide bonds. The summed E-state index contributed by atoms with van der Waals surface area (Å²) in [5.74, 6) is -0.0549. The summed E-state index contributed by atoms with van der Waals surface area (Å²) in [5.41, 5.74) is 2.65. The fourth-order valence-electron chi connectivity index (χ4n) is 2.96. The highest BCUT2D eigenvalue weighted by molar-refractivity contribution is 7.16. The normalized spacial score (nSPS) is 12.0.